The van der Waals surface area contributed by atoms with Gasteiger partial charge in [-0.1, -0.05) is 12.2 Å². The van der Waals surface area contributed by atoms with Crippen molar-refractivity contribution in [1.82, 2.24) is 4.98 Å². The van der Waals surface area contributed by atoms with Crippen LogP contribution in [0, 0.1) is 19.7 Å². The van der Waals surface area contributed by atoms with Crippen LogP contribution < -0.4 is 11.1 Å². The molecule has 0 aliphatic rings. The zero-order chi connectivity index (χ0) is 14.2. The zero-order valence-electron chi connectivity index (χ0n) is 10.3. The molecule has 0 atom stereocenters. The lowest BCUT2D eigenvalue weighted by atomic mass is 10.2. The van der Waals surface area contributed by atoms with Gasteiger partial charge in [0.2, 0.25) is 0 Å². The van der Waals surface area contributed by atoms with E-state index in [-0.39, 0.29) is 9.46 Å². The van der Waals surface area contributed by atoms with Gasteiger partial charge >= 0.3 is 0 Å². The van der Waals surface area contributed by atoms with Crippen LogP contribution in [0.25, 0.3) is 0 Å². The molecule has 0 saturated heterocycles. The summed E-state index contributed by atoms with van der Waals surface area (Å²) in [7, 11) is 0. The first kappa shape index (κ1) is 14.4. The van der Waals surface area contributed by atoms with Gasteiger partial charge in [0.05, 0.1) is 15.9 Å². The summed E-state index contributed by atoms with van der Waals surface area (Å²) in [4.78, 5) is 5.56. The number of nitrogens with zero attached hydrogens (tertiary/aromatic N) is 1. The molecule has 0 aliphatic heterocycles. The highest BCUT2D eigenvalue weighted by molar-refractivity contribution is 9.10. The summed E-state index contributed by atoms with van der Waals surface area (Å²) in [6, 6.07) is 3.27. The summed E-state index contributed by atoms with van der Waals surface area (Å²) in [5.41, 5.74) is 7.26. The summed E-state index contributed by atoms with van der Waals surface area (Å²) in [6.07, 6.45) is 0. The lowest BCUT2D eigenvalue weighted by Gasteiger charge is -2.09. The van der Waals surface area contributed by atoms with Crippen molar-refractivity contribution < 1.29 is 4.39 Å². The number of rotatable bonds is 3. The second-order valence-corrected chi connectivity index (χ2v) is 6.37. The van der Waals surface area contributed by atoms with E-state index in [1.807, 2.05) is 13.8 Å². The van der Waals surface area contributed by atoms with Crippen LogP contribution in [0.4, 0.5) is 15.2 Å². The fourth-order valence-corrected chi connectivity index (χ4v) is 3.17. The van der Waals surface area contributed by atoms with Crippen molar-refractivity contribution >= 4 is 55.3 Å². The molecule has 1 aromatic carbocycles. The van der Waals surface area contributed by atoms with Gasteiger partial charge in [-0.05, 0) is 41.9 Å². The number of thiocarbonyl (C=S) groups is 1. The van der Waals surface area contributed by atoms with Crippen LogP contribution in [-0.4, -0.2) is 9.97 Å². The molecule has 100 valence electrons. The van der Waals surface area contributed by atoms with E-state index in [2.05, 4.69) is 26.2 Å². The van der Waals surface area contributed by atoms with Gasteiger partial charge in [0.25, 0.3) is 0 Å². The number of halogens is 2. The number of hydrogen-bond donors (Lipinski definition) is 2. The fraction of sp³-hybridized carbons (Fsp3) is 0.167. The first-order valence-corrected chi connectivity index (χ1v) is 7.40. The molecule has 0 unspecified atom stereocenters. The third kappa shape index (κ3) is 2.93. The molecular weight excluding hydrogens is 349 g/mol. The summed E-state index contributed by atoms with van der Waals surface area (Å²) in [5.74, 6) is -0.434. The SMILES string of the molecule is Cc1nc(Nc2ccc(C(N)=S)c(Br)c2F)sc1C. The second-order valence-electron chi connectivity index (χ2n) is 3.94. The highest BCUT2D eigenvalue weighted by Crippen LogP contribution is 2.31. The monoisotopic (exact) mass is 359 g/mol. The number of aryl methyl sites for hydroxylation is 2. The number of anilines is 2. The van der Waals surface area contributed by atoms with Gasteiger partial charge in [-0.2, -0.15) is 0 Å². The Morgan fingerprint density at radius 1 is 1.47 bits per heavy atom. The van der Waals surface area contributed by atoms with Crippen LogP contribution in [0.2, 0.25) is 0 Å². The molecule has 19 heavy (non-hydrogen) atoms. The third-order valence-electron chi connectivity index (χ3n) is 2.62. The normalized spacial score (nSPS) is 10.5. The molecular formula is C12H11BrFN3S2. The Labute approximate surface area is 128 Å². The van der Waals surface area contributed by atoms with Crippen molar-refractivity contribution in [3.63, 3.8) is 0 Å². The molecule has 7 heteroatoms. The van der Waals surface area contributed by atoms with Crippen molar-refractivity contribution in [2.75, 3.05) is 5.32 Å². The van der Waals surface area contributed by atoms with Crippen LogP contribution in [0.15, 0.2) is 16.6 Å². The highest BCUT2D eigenvalue weighted by atomic mass is 79.9. The fourth-order valence-electron chi connectivity index (χ4n) is 1.48. The molecule has 0 amide bonds. The number of benzene rings is 1. The molecule has 2 aromatic rings. The minimum Gasteiger partial charge on any atom is -0.389 e. The maximum absolute atomic E-state index is 14.2. The minimum absolute atomic E-state index is 0.151. The third-order valence-corrected chi connectivity index (χ3v) is 4.60. The zero-order valence-corrected chi connectivity index (χ0v) is 13.5. The first-order chi connectivity index (χ1) is 8.90. The smallest absolute Gasteiger partial charge is 0.187 e. The molecule has 0 spiro atoms. The topological polar surface area (TPSA) is 50.9 Å². The molecule has 2 rings (SSSR count). The molecule has 0 aliphatic carbocycles. The van der Waals surface area contributed by atoms with Crippen molar-refractivity contribution in [2.24, 2.45) is 5.73 Å². The van der Waals surface area contributed by atoms with Gasteiger partial charge in [0.15, 0.2) is 10.9 Å². The Kier molecular flexibility index (Phi) is 4.17. The largest absolute Gasteiger partial charge is 0.389 e. The number of nitrogens with one attached hydrogen (secondary N) is 1. The first-order valence-electron chi connectivity index (χ1n) is 5.39. The number of nitrogens with two attached hydrogens (primary N) is 1. The number of aromatic nitrogens is 1. The van der Waals surface area contributed by atoms with Crippen LogP contribution in [0.1, 0.15) is 16.1 Å². The lowest BCUT2D eigenvalue weighted by Crippen LogP contribution is -2.11. The Hall–Kier alpha value is -1.05. The van der Waals surface area contributed by atoms with Crippen LogP contribution >= 0.6 is 39.5 Å². The maximum Gasteiger partial charge on any atom is 0.187 e. The highest BCUT2D eigenvalue weighted by Gasteiger charge is 2.14. The van der Waals surface area contributed by atoms with Crippen molar-refractivity contribution in [1.29, 1.82) is 0 Å². The van der Waals surface area contributed by atoms with Crippen molar-refractivity contribution in [3.8, 4) is 0 Å². The van der Waals surface area contributed by atoms with Crippen LogP contribution in [0.5, 0.6) is 0 Å². The molecule has 0 radical (unpaired) electrons. The van der Waals surface area contributed by atoms with Gasteiger partial charge < -0.3 is 11.1 Å². The van der Waals surface area contributed by atoms with E-state index in [0.29, 0.717) is 16.4 Å². The average molecular weight is 360 g/mol. The Morgan fingerprint density at radius 2 is 2.16 bits per heavy atom. The average Bonchev–Trinajstić information content (AvgIpc) is 2.64. The molecule has 0 saturated carbocycles. The van der Waals surface area contributed by atoms with Gasteiger partial charge in [-0.25, -0.2) is 9.37 Å². The van der Waals surface area contributed by atoms with E-state index in [4.69, 9.17) is 18.0 Å². The van der Waals surface area contributed by atoms with E-state index in [1.54, 1.807) is 12.1 Å². The van der Waals surface area contributed by atoms with Gasteiger partial charge in [0, 0.05) is 10.4 Å². The molecule has 0 fully saturated rings. The van der Waals surface area contributed by atoms with Crippen molar-refractivity contribution in [3.05, 3.63) is 38.6 Å². The van der Waals surface area contributed by atoms with Crippen molar-refractivity contribution in [2.45, 2.75) is 13.8 Å². The molecule has 3 nitrogen and oxygen atoms in total. The van der Waals surface area contributed by atoms with Gasteiger partial charge in [0.1, 0.15) is 4.99 Å². The molecule has 0 bridgehead atoms. The van der Waals surface area contributed by atoms with E-state index in [1.165, 1.54) is 11.3 Å². The van der Waals surface area contributed by atoms with E-state index < -0.39 is 5.82 Å². The Balaban J connectivity index is 2.36. The Bertz CT molecular complexity index is 635. The second kappa shape index (κ2) is 5.52. The number of hydrogen-bond acceptors (Lipinski definition) is 4. The standard InChI is InChI=1S/C12H11BrFN3S2/c1-5-6(2)19-12(16-5)17-8-4-3-7(11(15)18)9(13)10(8)14/h3-4H,1-2H3,(H2,15,18)(H,16,17). The summed E-state index contributed by atoms with van der Waals surface area (Å²) >= 11 is 9.50. The number of thiazole rings is 1. The quantitative estimate of drug-likeness (QED) is 0.812. The predicted octanol–water partition coefficient (Wildman–Crippen LogP) is 4.04. The minimum atomic E-state index is -0.434. The van der Waals surface area contributed by atoms with Gasteiger partial charge in [-0.3, -0.25) is 0 Å². The van der Waals surface area contributed by atoms with Crippen LogP contribution in [-0.2, 0) is 0 Å². The van der Waals surface area contributed by atoms with E-state index >= 15 is 0 Å². The summed E-state index contributed by atoms with van der Waals surface area (Å²) in [5, 5.41) is 3.62. The van der Waals surface area contributed by atoms with Gasteiger partial charge in [-0.15, -0.1) is 11.3 Å². The maximum atomic E-state index is 14.2. The van der Waals surface area contributed by atoms with E-state index in [0.717, 1.165) is 10.6 Å². The Morgan fingerprint density at radius 3 is 2.68 bits per heavy atom. The molecule has 1 aromatic heterocycles. The molecule has 1 heterocycles. The lowest BCUT2D eigenvalue weighted by molar-refractivity contribution is 0.625. The predicted molar refractivity (Wildman–Crippen MR) is 84.9 cm³/mol. The summed E-state index contributed by atoms with van der Waals surface area (Å²) < 4.78 is 14.4. The van der Waals surface area contributed by atoms with E-state index in [9.17, 15) is 4.39 Å². The molecule has 3 N–H and O–H groups in total. The van der Waals surface area contributed by atoms with Crippen LogP contribution in [0.3, 0.4) is 0 Å². The summed E-state index contributed by atoms with van der Waals surface area (Å²) in [6.45, 7) is 3.89.